The van der Waals surface area contributed by atoms with Gasteiger partial charge in [0.1, 0.15) is 12.1 Å². The topological polar surface area (TPSA) is 67.4 Å². The van der Waals surface area contributed by atoms with Crippen molar-refractivity contribution >= 4 is 11.9 Å². The summed E-state index contributed by atoms with van der Waals surface area (Å²) in [5, 5.41) is 5.58. The highest BCUT2D eigenvalue weighted by Crippen LogP contribution is 2.29. The summed E-state index contributed by atoms with van der Waals surface area (Å²) in [6.45, 7) is 2.68. The predicted molar refractivity (Wildman–Crippen MR) is 66.9 cm³/mol. The molecule has 0 aromatic heterocycles. The van der Waals surface area contributed by atoms with Gasteiger partial charge in [-0.15, -0.1) is 0 Å². The molecule has 2 fully saturated rings. The smallest absolute Gasteiger partial charge is 0.325 e. The van der Waals surface area contributed by atoms with Crippen LogP contribution in [-0.4, -0.2) is 37.1 Å². The average Bonchev–Trinajstić information content (AvgIpc) is 2.40. The Labute approximate surface area is 108 Å². The zero-order valence-electron chi connectivity index (χ0n) is 10.9. The first-order chi connectivity index (χ1) is 8.70. The van der Waals surface area contributed by atoms with Crippen molar-refractivity contribution in [1.82, 2.24) is 10.6 Å². The van der Waals surface area contributed by atoms with Crippen LogP contribution in [0.4, 0.5) is 0 Å². The molecular weight excluding hydrogens is 232 g/mol. The third kappa shape index (κ3) is 3.22. The van der Waals surface area contributed by atoms with Gasteiger partial charge in [0, 0.05) is 6.54 Å². The SMILES string of the molecule is CCC1CCCCC1OC(=O)C1CNC(=O)CN1. The van der Waals surface area contributed by atoms with Crippen molar-refractivity contribution < 1.29 is 14.3 Å². The van der Waals surface area contributed by atoms with Gasteiger partial charge in [0.15, 0.2) is 0 Å². The number of rotatable bonds is 3. The first-order valence-corrected chi connectivity index (χ1v) is 6.91. The van der Waals surface area contributed by atoms with Crippen LogP contribution in [0.5, 0.6) is 0 Å². The molecule has 102 valence electrons. The summed E-state index contributed by atoms with van der Waals surface area (Å²) >= 11 is 0. The van der Waals surface area contributed by atoms with E-state index in [0.717, 1.165) is 25.7 Å². The summed E-state index contributed by atoms with van der Waals surface area (Å²) in [4.78, 5) is 23.0. The Kier molecular flexibility index (Phi) is 4.58. The maximum atomic E-state index is 12.0. The molecule has 0 aromatic rings. The second-order valence-corrected chi connectivity index (χ2v) is 5.17. The van der Waals surface area contributed by atoms with Crippen molar-refractivity contribution in [3.8, 4) is 0 Å². The van der Waals surface area contributed by atoms with Crippen molar-refractivity contribution in [3.05, 3.63) is 0 Å². The zero-order chi connectivity index (χ0) is 13.0. The molecule has 2 rings (SSSR count). The minimum Gasteiger partial charge on any atom is -0.461 e. The number of piperazine rings is 1. The van der Waals surface area contributed by atoms with Crippen molar-refractivity contribution in [2.75, 3.05) is 13.1 Å². The van der Waals surface area contributed by atoms with E-state index in [1.54, 1.807) is 0 Å². The predicted octanol–water partition coefficient (Wildman–Crippen LogP) is 0.586. The number of ether oxygens (including phenoxy) is 1. The quantitative estimate of drug-likeness (QED) is 0.723. The van der Waals surface area contributed by atoms with Crippen LogP contribution in [-0.2, 0) is 14.3 Å². The third-order valence-electron chi connectivity index (χ3n) is 3.93. The Morgan fingerprint density at radius 1 is 1.39 bits per heavy atom. The number of nitrogens with one attached hydrogen (secondary N) is 2. The summed E-state index contributed by atoms with van der Waals surface area (Å²) in [6, 6.07) is -0.387. The van der Waals surface area contributed by atoms with Gasteiger partial charge in [-0.2, -0.15) is 0 Å². The van der Waals surface area contributed by atoms with Crippen LogP contribution < -0.4 is 10.6 Å². The van der Waals surface area contributed by atoms with Crippen LogP contribution in [0.2, 0.25) is 0 Å². The lowest BCUT2D eigenvalue weighted by molar-refractivity contribution is -0.156. The Morgan fingerprint density at radius 2 is 2.17 bits per heavy atom. The average molecular weight is 254 g/mol. The number of amides is 1. The van der Waals surface area contributed by atoms with Crippen LogP contribution in [0.1, 0.15) is 39.0 Å². The minimum absolute atomic E-state index is 0.0654. The Balaban J connectivity index is 1.84. The van der Waals surface area contributed by atoms with Gasteiger partial charge in [0.05, 0.1) is 6.54 Å². The highest BCUT2D eigenvalue weighted by atomic mass is 16.5. The molecule has 3 atom stereocenters. The molecule has 1 saturated carbocycles. The highest BCUT2D eigenvalue weighted by Gasteiger charge is 2.31. The van der Waals surface area contributed by atoms with E-state index in [4.69, 9.17) is 4.74 Å². The maximum Gasteiger partial charge on any atom is 0.325 e. The number of hydrogen-bond donors (Lipinski definition) is 2. The van der Waals surface area contributed by atoms with E-state index in [1.165, 1.54) is 6.42 Å². The van der Waals surface area contributed by atoms with Crippen LogP contribution in [0.15, 0.2) is 0 Å². The molecule has 0 aromatic carbocycles. The molecule has 0 bridgehead atoms. The first-order valence-electron chi connectivity index (χ1n) is 6.91. The molecule has 2 N–H and O–H groups in total. The van der Waals surface area contributed by atoms with E-state index in [2.05, 4.69) is 17.6 Å². The van der Waals surface area contributed by atoms with Crippen LogP contribution >= 0.6 is 0 Å². The monoisotopic (exact) mass is 254 g/mol. The normalized spacial score (nSPS) is 32.7. The molecule has 2 aliphatic rings. The van der Waals surface area contributed by atoms with Crippen molar-refractivity contribution in [2.24, 2.45) is 5.92 Å². The van der Waals surface area contributed by atoms with Gasteiger partial charge in [-0.3, -0.25) is 14.9 Å². The van der Waals surface area contributed by atoms with Gasteiger partial charge in [-0.25, -0.2) is 0 Å². The Hall–Kier alpha value is -1.10. The molecule has 5 nitrogen and oxygen atoms in total. The molecule has 0 radical (unpaired) electrons. The number of carbonyl (C=O) groups is 2. The fourth-order valence-corrected chi connectivity index (χ4v) is 2.76. The van der Waals surface area contributed by atoms with Gasteiger partial charge in [-0.05, 0) is 31.6 Å². The molecule has 3 unspecified atom stereocenters. The van der Waals surface area contributed by atoms with Crippen molar-refractivity contribution in [3.63, 3.8) is 0 Å². The standard InChI is InChI=1S/C13H22N2O3/c1-2-9-5-3-4-6-11(9)18-13(17)10-7-15-12(16)8-14-10/h9-11,14H,2-8H2,1H3,(H,15,16). The molecule has 0 spiro atoms. The van der Waals surface area contributed by atoms with E-state index in [0.29, 0.717) is 12.5 Å². The van der Waals surface area contributed by atoms with Gasteiger partial charge in [0.25, 0.3) is 0 Å². The number of carbonyl (C=O) groups excluding carboxylic acids is 2. The summed E-state index contributed by atoms with van der Waals surface area (Å²) in [6.07, 6.45) is 5.64. The lowest BCUT2D eigenvalue weighted by Crippen LogP contribution is -2.56. The van der Waals surface area contributed by atoms with Crippen molar-refractivity contribution in [1.29, 1.82) is 0 Å². The van der Waals surface area contributed by atoms with Crippen LogP contribution in [0.25, 0.3) is 0 Å². The van der Waals surface area contributed by atoms with E-state index < -0.39 is 0 Å². The summed E-state index contributed by atoms with van der Waals surface area (Å²) in [5.41, 5.74) is 0. The maximum absolute atomic E-state index is 12.0. The van der Waals surface area contributed by atoms with E-state index in [9.17, 15) is 9.59 Å². The third-order valence-corrected chi connectivity index (χ3v) is 3.93. The Morgan fingerprint density at radius 3 is 2.83 bits per heavy atom. The van der Waals surface area contributed by atoms with Gasteiger partial charge >= 0.3 is 5.97 Å². The number of hydrogen-bond acceptors (Lipinski definition) is 4. The van der Waals surface area contributed by atoms with Gasteiger partial charge in [0.2, 0.25) is 5.91 Å². The fraction of sp³-hybridized carbons (Fsp3) is 0.846. The second-order valence-electron chi connectivity index (χ2n) is 5.17. The fourth-order valence-electron chi connectivity index (χ4n) is 2.76. The van der Waals surface area contributed by atoms with E-state index in [1.807, 2.05) is 0 Å². The molecule has 5 heteroatoms. The molecule has 1 aliphatic carbocycles. The zero-order valence-corrected chi connectivity index (χ0v) is 10.9. The lowest BCUT2D eigenvalue weighted by atomic mass is 9.85. The highest BCUT2D eigenvalue weighted by molar-refractivity contribution is 5.84. The first kappa shape index (κ1) is 13.3. The van der Waals surface area contributed by atoms with Gasteiger partial charge in [-0.1, -0.05) is 13.3 Å². The molecule has 1 heterocycles. The minimum atomic E-state index is -0.387. The Bertz CT molecular complexity index is 309. The molecular formula is C13H22N2O3. The van der Waals surface area contributed by atoms with Gasteiger partial charge < -0.3 is 10.1 Å². The van der Waals surface area contributed by atoms with Crippen LogP contribution in [0, 0.1) is 5.92 Å². The van der Waals surface area contributed by atoms with Crippen LogP contribution in [0.3, 0.4) is 0 Å². The van der Waals surface area contributed by atoms with E-state index >= 15 is 0 Å². The number of esters is 1. The second kappa shape index (κ2) is 6.18. The van der Waals surface area contributed by atoms with E-state index in [-0.39, 0.29) is 30.6 Å². The summed E-state index contributed by atoms with van der Waals surface area (Å²) in [7, 11) is 0. The molecule has 1 aliphatic heterocycles. The molecule has 1 saturated heterocycles. The summed E-state index contributed by atoms with van der Waals surface area (Å²) in [5.74, 6) is 0.212. The van der Waals surface area contributed by atoms with Crippen molar-refractivity contribution in [2.45, 2.75) is 51.2 Å². The molecule has 18 heavy (non-hydrogen) atoms. The summed E-state index contributed by atoms with van der Waals surface area (Å²) < 4.78 is 5.62. The lowest BCUT2D eigenvalue weighted by Gasteiger charge is -2.32. The largest absolute Gasteiger partial charge is 0.461 e. The molecule has 1 amide bonds.